The maximum Gasteiger partial charge on any atom is 0.272 e. The number of nitro benzene ring substituents is 1. The molecule has 0 aromatic heterocycles. The Hall–Kier alpha value is -1.38. The largest absolute Gasteiger partial charge is 0.272 e. The summed E-state index contributed by atoms with van der Waals surface area (Å²) in [5, 5.41) is 10.5. The summed E-state index contributed by atoms with van der Waals surface area (Å²) in [7, 11) is 0. The quantitative estimate of drug-likeness (QED) is 0.466. The van der Waals surface area contributed by atoms with Crippen molar-refractivity contribution in [2.45, 2.75) is 12.8 Å². The second-order valence-corrected chi connectivity index (χ2v) is 2.74. The fourth-order valence-corrected chi connectivity index (χ4v) is 1.50. The highest BCUT2D eigenvalue weighted by atomic mass is 16.6. The Morgan fingerprint density at radius 2 is 2.33 bits per heavy atom. The van der Waals surface area contributed by atoms with Crippen molar-refractivity contribution in [3.8, 4) is 0 Å². The molecule has 1 aromatic carbocycles. The van der Waals surface area contributed by atoms with E-state index in [1.165, 1.54) is 0 Å². The lowest BCUT2D eigenvalue weighted by atomic mass is 10.1. The Labute approximate surface area is 70.2 Å². The first-order chi connectivity index (χ1) is 5.79. The van der Waals surface area contributed by atoms with Gasteiger partial charge in [-0.3, -0.25) is 10.1 Å². The highest BCUT2D eigenvalue weighted by molar-refractivity contribution is 5.51. The Morgan fingerprint density at radius 1 is 1.50 bits per heavy atom. The molecule has 0 unspecified atom stereocenters. The van der Waals surface area contributed by atoms with Crippen LogP contribution in [0, 0.1) is 16.5 Å². The molecule has 3 heteroatoms. The van der Waals surface area contributed by atoms with E-state index in [1.54, 1.807) is 12.1 Å². The van der Waals surface area contributed by atoms with E-state index in [1.807, 2.05) is 6.07 Å². The minimum atomic E-state index is -0.328. The summed E-state index contributed by atoms with van der Waals surface area (Å²) in [6.45, 7) is 0. The van der Waals surface area contributed by atoms with Gasteiger partial charge in [0.2, 0.25) is 0 Å². The molecule has 0 amide bonds. The van der Waals surface area contributed by atoms with E-state index in [2.05, 4.69) is 6.42 Å². The molecule has 60 valence electrons. The molecule has 0 saturated heterocycles. The van der Waals surface area contributed by atoms with E-state index in [4.69, 9.17) is 0 Å². The molecule has 1 aromatic rings. The van der Waals surface area contributed by atoms with Gasteiger partial charge in [-0.15, -0.1) is 0 Å². The molecular weight excluding hydrogens is 154 g/mol. The van der Waals surface area contributed by atoms with Crippen LogP contribution in [0.1, 0.15) is 17.5 Å². The minimum Gasteiger partial charge on any atom is -0.258 e. The summed E-state index contributed by atoms with van der Waals surface area (Å²) >= 11 is 0. The van der Waals surface area contributed by atoms with E-state index in [0.717, 1.165) is 24.0 Å². The normalized spacial score (nSPS) is 14.3. The van der Waals surface area contributed by atoms with Gasteiger partial charge in [-0.2, -0.15) is 0 Å². The highest BCUT2D eigenvalue weighted by Crippen LogP contribution is 2.30. The van der Waals surface area contributed by atoms with Crippen LogP contribution in [-0.4, -0.2) is 4.92 Å². The number of fused-ring (bicyclic) bond motifs is 1. The number of hydrogen-bond donors (Lipinski definition) is 0. The van der Waals surface area contributed by atoms with E-state index >= 15 is 0 Å². The predicted octanol–water partition coefficient (Wildman–Crippen LogP) is 1.97. The van der Waals surface area contributed by atoms with Crippen molar-refractivity contribution < 1.29 is 4.92 Å². The third-order valence-corrected chi connectivity index (χ3v) is 2.04. The van der Waals surface area contributed by atoms with Crippen molar-refractivity contribution >= 4 is 5.69 Å². The Kier molecular flexibility index (Phi) is 1.57. The third-order valence-electron chi connectivity index (χ3n) is 2.04. The third kappa shape index (κ3) is 0.978. The lowest BCUT2D eigenvalue weighted by molar-refractivity contribution is -0.385. The molecule has 1 aliphatic rings. The molecule has 3 nitrogen and oxygen atoms in total. The Balaban J connectivity index is 2.56. The molecule has 1 aliphatic carbocycles. The van der Waals surface area contributed by atoms with Crippen LogP contribution in [0.5, 0.6) is 0 Å². The molecule has 0 fully saturated rings. The van der Waals surface area contributed by atoms with E-state index in [9.17, 15) is 10.1 Å². The van der Waals surface area contributed by atoms with Crippen LogP contribution in [0.3, 0.4) is 0 Å². The second kappa shape index (κ2) is 2.59. The van der Waals surface area contributed by atoms with Gasteiger partial charge in [-0.05, 0) is 18.4 Å². The van der Waals surface area contributed by atoms with Gasteiger partial charge in [0.25, 0.3) is 5.69 Å². The van der Waals surface area contributed by atoms with Gasteiger partial charge in [0.05, 0.1) is 4.92 Å². The fourth-order valence-electron chi connectivity index (χ4n) is 1.50. The van der Waals surface area contributed by atoms with Crippen molar-refractivity contribution in [3.63, 3.8) is 0 Å². The first-order valence-corrected chi connectivity index (χ1v) is 3.79. The number of nitro groups is 1. The molecule has 0 aliphatic heterocycles. The van der Waals surface area contributed by atoms with Crippen molar-refractivity contribution in [2.75, 3.05) is 0 Å². The minimum absolute atomic E-state index is 0.234. The molecule has 0 spiro atoms. The van der Waals surface area contributed by atoms with Gasteiger partial charge in [-0.25, -0.2) is 0 Å². The SMILES string of the molecule is O=[N+]([O-])c1cccc2c1CC[C]2. The lowest BCUT2D eigenvalue weighted by Crippen LogP contribution is -1.93. The summed E-state index contributed by atoms with van der Waals surface area (Å²) in [5.74, 6) is 0. The van der Waals surface area contributed by atoms with E-state index < -0.39 is 0 Å². The average Bonchev–Trinajstić information content (AvgIpc) is 2.49. The summed E-state index contributed by atoms with van der Waals surface area (Å²) in [6, 6.07) is 5.12. The van der Waals surface area contributed by atoms with Crippen LogP contribution in [0.2, 0.25) is 0 Å². The molecule has 2 radical (unpaired) electrons. The number of benzene rings is 1. The summed E-state index contributed by atoms with van der Waals surface area (Å²) < 4.78 is 0. The number of nitrogens with zero attached hydrogens (tertiary/aromatic N) is 1. The second-order valence-electron chi connectivity index (χ2n) is 2.74. The predicted molar refractivity (Wildman–Crippen MR) is 43.8 cm³/mol. The summed E-state index contributed by atoms with van der Waals surface area (Å²) in [6.07, 6.45) is 4.65. The lowest BCUT2D eigenvalue weighted by Gasteiger charge is -1.98. The van der Waals surface area contributed by atoms with Crippen LogP contribution in [0.4, 0.5) is 5.69 Å². The average molecular weight is 161 g/mol. The molecule has 12 heavy (non-hydrogen) atoms. The number of rotatable bonds is 1. The van der Waals surface area contributed by atoms with Gasteiger partial charge in [0.15, 0.2) is 0 Å². The van der Waals surface area contributed by atoms with Gasteiger partial charge < -0.3 is 0 Å². The van der Waals surface area contributed by atoms with Crippen molar-refractivity contribution in [2.24, 2.45) is 0 Å². The molecule has 0 N–H and O–H groups in total. The van der Waals surface area contributed by atoms with Crippen LogP contribution >= 0.6 is 0 Å². The first kappa shape index (κ1) is 7.28. The highest BCUT2D eigenvalue weighted by Gasteiger charge is 2.21. The summed E-state index contributed by atoms with van der Waals surface area (Å²) in [5.41, 5.74) is 1.98. The van der Waals surface area contributed by atoms with Gasteiger partial charge in [0.1, 0.15) is 0 Å². The first-order valence-electron chi connectivity index (χ1n) is 3.79. The Bertz CT molecular complexity index is 333. The summed E-state index contributed by atoms with van der Waals surface area (Å²) in [4.78, 5) is 10.2. The van der Waals surface area contributed by atoms with Crippen LogP contribution in [0.15, 0.2) is 18.2 Å². The van der Waals surface area contributed by atoms with Crippen LogP contribution in [-0.2, 0) is 6.42 Å². The van der Waals surface area contributed by atoms with Crippen LogP contribution < -0.4 is 0 Å². The van der Waals surface area contributed by atoms with Gasteiger partial charge >= 0.3 is 0 Å². The monoisotopic (exact) mass is 161 g/mol. The Morgan fingerprint density at radius 3 is 3.08 bits per heavy atom. The van der Waals surface area contributed by atoms with E-state index in [0.29, 0.717) is 0 Å². The molecule has 0 bridgehead atoms. The molecule has 0 saturated carbocycles. The zero-order valence-electron chi connectivity index (χ0n) is 6.41. The molecule has 2 rings (SSSR count). The fraction of sp³-hybridized carbons (Fsp3) is 0.222. The van der Waals surface area contributed by atoms with Crippen molar-refractivity contribution in [3.05, 3.63) is 45.9 Å². The molecule has 0 heterocycles. The smallest absolute Gasteiger partial charge is 0.258 e. The molecule has 0 atom stereocenters. The maximum atomic E-state index is 10.5. The van der Waals surface area contributed by atoms with Crippen molar-refractivity contribution in [1.82, 2.24) is 0 Å². The van der Waals surface area contributed by atoms with Crippen LogP contribution in [0.25, 0.3) is 0 Å². The topological polar surface area (TPSA) is 43.1 Å². The molecular formula is C9H7NO2. The maximum absolute atomic E-state index is 10.5. The van der Waals surface area contributed by atoms with E-state index in [-0.39, 0.29) is 10.6 Å². The van der Waals surface area contributed by atoms with Crippen molar-refractivity contribution in [1.29, 1.82) is 0 Å². The zero-order valence-corrected chi connectivity index (χ0v) is 6.41. The zero-order chi connectivity index (χ0) is 8.55. The van der Waals surface area contributed by atoms with Gasteiger partial charge in [-0.1, -0.05) is 12.1 Å². The number of hydrogen-bond acceptors (Lipinski definition) is 2. The van der Waals surface area contributed by atoms with Gasteiger partial charge in [0, 0.05) is 18.1 Å². The standard InChI is InChI=1S/C9H7NO2/c11-10(12)9-6-2-4-7-3-1-5-8(7)9/h2,4,6H,1,5H2.